The molecule has 0 atom stereocenters. The van der Waals surface area contributed by atoms with E-state index in [2.05, 4.69) is 4.98 Å². The van der Waals surface area contributed by atoms with Gasteiger partial charge in [-0.15, -0.1) is 0 Å². The van der Waals surface area contributed by atoms with Crippen LogP contribution < -0.4 is 0 Å². The highest BCUT2D eigenvalue weighted by atomic mass is 16.2. The molecule has 1 aliphatic heterocycles. The summed E-state index contributed by atoms with van der Waals surface area (Å²) in [5.41, 5.74) is 1.93. The summed E-state index contributed by atoms with van der Waals surface area (Å²) in [4.78, 5) is 33.7. The highest BCUT2D eigenvalue weighted by Gasteiger charge is 2.23. The van der Waals surface area contributed by atoms with E-state index in [-0.39, 0.29) is 17.9 Å². The highest BCUT2D eigenvalue weighted by molar-refractivity contribution is 5.98. The molecule has 0 unspecified atom stereocenters. The summed E-state index contributed by atoms with van der Waals surface area (Å²) in [5.74, 6) is -0.160. The predicted octanol–water partition coefficient (Wildman–Crippen LogP) is 3.76. The number of likely N-dealkylation sites (tertiary alicyclic amines) is 1. The number of benzene rings is 1. The van der Waals surface area contributed by atoms with Crippen LogP contribution in [0, 0.1) is 0 Å². The molecule has 1 saturated heterocycles. The zero-order chi connectivity index (χ0) is 19.2. The SMILES string of the molecule is CC(C)N(Cc1ccccc1)C(=O)c1cc(C(=O)N2CCCCC2)ccn1. The smallest absolute Gasteiger partial charge is 0.272 e. The van der Waals surface area contributed by atoms with Gasteiger partial charge in [0.15, 0.2) is 0 Å². The monoisotopic (exact) mass is 365 g/mol. The normalized spacial score (nSPS) is 14.3. The largest absolute Gasteiger partial charge is 0.339 e. The molecule has 5 heteroatoms. The second-order valence-electron chi connectivity index (χ2n) is 7.30. The molecule has 1 fully saturated rings. The lowest BCUT2D eigenvalue weighted by atomic mass is 10.1. The Hall–Kier alpha value is -2.69. The lowest BCUT2D eigenvalue weighted by Crippen LogP contribution is -2.37. The van der Waals surface area contributed by atoms with Gasteiger partial charge in [-0.2, -0.15) is 0 Å². The molecule has 2 aromatic rings. The van der Waals surface area contributed by atoms with Crippen LogP contribution in [0.4, 0.5) is 0 Å². The summed E-state index contributed by atoms with van der Waals surface area (Å²) in [6, 6.07) is 13.3. The van der Waals surface area contributed by atoms with Crippen molar-refractivity contribution in [3.63, 3.8) is 0 Å². The van der Waals surface area contributed by atoms with Crippen LogP contribution in [0.2, 0.25) is 0 Å². The fraction of sp³-hybridized carbons (Fsp3) is 0.409. The van der Waals surface area contributed by atoms with E-state index in [1.807, 2.05) is 49.1 Å². The van der Waals surface area contributed by atoms with Gasteiger partial charge in [0, 0.05) is 37.4 Å². The van der Waals surface area contributed by atoms with Gasteiger partial charge in [-0.1, -0.05) is 30.3 Å². The van der Waals surface area contributed by atoms with E-state index in [0.717, 1.165) is 31.5 Å². The van der Waals surface area contributed by atoms with Gasteiger partial charge < -0.3 is 9.80 Å². The van der Waals surface area contributed by atoms with Crippen molar-refractivity contribution in [1.29, 1.82) is 0 Å². The third kappa shape index (κ3) is 4.73. The van der Waals surface area contributed by atoms with E-state index < -0.39 is 0 Å². The quantitative estimate of drug-likeness (QED) is 0.811. The van der Waals surface area contributed by atoms with E-state index in [0.29, 0.717) is 17.8 Å². The van der Waals surface area contributed by atoms with Gasteiger partial charge in [0.1, 0.15) is 5.69 Å². The van der Waals surface area contributed by atoms with Crippen molar-refractivity contribution in [2.75, 3.05) is 13.1 Å². The van der Waals surface area contributed by atoms with Crippen LogP contribution in [0.15, 0.2) is 48.7 Å². The Morgan fingerprint density at radius 3 is 2.44 bits per heavy atom. The Morgan fingerprint density at radius 2 is 1.78 bits per heavy atom. The van der Waals surface area contributed by atoms with Crippen molar-refractivity contribution in [1.82, 2.24) is 14.8 Å². The molecule has 5 nitrogen and oxygen atoms in total. The van der Waals surface area contributed by atoms with Crippen LogP contribution in [0.5, 0.6) is 0 Å². The molecule has 2 heterocycles. The van der Waals surface area contributed by atoms with Crippen molar-refractivity contribution in [3.05, 3.63) is 65.5 Å². The third-order valence-electron chi connectivity index (χ3n) is 4.95. The second kappa shape index (κ2) is 8.80. The first-order valence-corrected chi connectivity index (χ1v) is 9.66. The molecule has 0 spiro atoms. The fourth-order valence-corrected chi connectivity index (χ4v) is 3.38. The van der Waals surface area contributed by atoms with Gasteiger partial charge in [0.05, 0.1) is 0 Å². The van der Waals surface area contributed by atoms with Gasteiger partial charge in [-0.3, -0.25) is 14.6 Å². The molecule has 142 valence electrons. The summed E-state index contributed by atoms with van der Waals surface area (Å²) in [6.45, 7) is 6.07. The molecule has 0 radical (unpaired) electrons. The average molecular weight is 365 g/mol. The molecule has 0 saturated carbocycles. The summed E-state index contributed by atoms with van der Waals surface area (Å²) >= 11 is 0. The standard InChI is InChI=1S/C22H27N3O2/c1-17(2)25(16-18-9-5-3-6-10-18)22(27)20-15-19(11-12-23-20)21(26)24-13-7-4-8-14-24/h3,5-6,9-12,15,17H,4,7-8,13-14,16H2,1-2H3. The van der Waals surface area contributed by atoms with Gasteiger partial charge in [-0.05, 0) is 50.8 Å². The summed E-state index contributed by atoms with van der Waals surface area (Å²) in [6.07, 6.45) is 4.82. The van der Waals surface area contributed by atoms with E-state index >= 15 is 0 Å². The Labute approximate surface area is 161 Å². The Bertz CT molecular complexity index is 783. The molecule has 0 bridgehead atoms. The van der Waals surface area contributed by atoms with Gasteiger partial charge >= 0.3 is 0 Å². The Balaban J connectivity index is 1.79. The number of rotatable bonds is 5. The van der Waals surface area contributed by atoms with Crippen LogP contribution in [0.25, 0.3) is 0 Å². The fourth-order valence-electron chi connectivity index (χ4n) is 3.38. The molecule has 27 heavy (non-hydrogen) atoms. The molecule has 0 aliphatic carbocycles. The molecule has 1 aromatic carbocycles. The minimum Gasteiger partial charge on any atom is -0.339 e. The van der Waals surface area contributed by atoms with Crippen LogP contribution in [-0.4, -0.2) is 45.7 Å². The number of aromatic nitrogens is 1. The maximum absolute atomic E-state index is 13.1. The minimum absolute atomic E-state index is 0.00898. The molecule has 0 N–H and O–H groups in total. The van der Waals surface area contributed by atoms with Crippen molar-refractivity contribution in [2.24, 2.45) is 0 Å². The van der Waals surface area contributed by atoms with Gasteiger partial charge in [0.25, 0.3) is 11.8 Å². The van der Waals surface area contributed by atoms with Gasteiger partial charge in [-0.25, -0.2) is 0 Å². The molecule has 1 aliphatic rings. The topological polar surface area (TPSA) is 53.5 Å². The van der Waals surface area contributed by atoms with Crippen LogP contribution >= 0.6 is 0 Å². The number of pyridine rings is 1. The molecular weight excluding hydrogens is 338 g/mol. The zero-order valence-corrected chi connectivity index (χ0v) is 16.1. The van der Waals surface area contributed by atoms with Crippen molar-refractivity contribution < 1.29 is 9.59 Å². The molecule has 2 amide bonds. The number of amides is 2. The van der Waals surface area contributed by atoms with Crippen LogP contribution in [0.3, 0.4) is 0 Å². The number of carbonyl (C=O) groups excluding carboxylic acids is 2. The first-order valence-electron chi connectivity index (χ1n) is 9.66. The van der Waals surface area contributed by atoms with Crippen LogP contribution in [-0.2, 0) is 6.54 Å². The minimum atomic E-state index is -0.151. The highest BCUT2D eigenvalue weighted by Crippen LogP contribution is 2.16. The predicted molar refractivity (Wildman–Crippen MR) is 105 cm³/mol. The zero-order valence-electron chi connectivity index (χ0n) is 16.1. The Morgan fingerprint density at radius 1 is 1.07 bits per heavy atom. The average Bonchev–Trinajstić information content (AvgIpc) is 2.72. The van der Waals surface area contributed by atoms with E-state index in [1.165, 1.54) is 6.42 Å². The summed E-state index contributed by atoms with van der Waals surface area (Å²) in [7, 11) is 0. The summed E-state index contributed by atoms with van der Waals surface area (Å²) < 4.78 is 0. The Kier molecular flexibility index (Phi) is 6.22. The lowest BCUT2D eigenvalue weighted by molar-refractivity contribution is 0.0684. The first kappa shape index (κ1) is 19.1. The number of hydrogen-bond donors (Lipinski definition) is 0. The summed E-state index contributed by atoms with van der Waals surface area (Å²) in [5, 5.41) is 0. The maximum atomic E-state index is 13.1. The second-order valence-corrected chi connectivity index (χ2v) is 7.30. The number of hydrogen-bond acceptors (Lipinski definition) is 3. The first-order chi connectivity index (χ1) is 13.1. The number of carbonyl (C=O) groups is 2. The molecule has 1 aromatic heterocycles. The van der Waals surface area contributed by atoms with Crippen molar-refractivity contribution >= 4 is 11.8 Å². The number of nitrogens with zero attached hydrogens (tertiary/aromatic N) is 3. The third-order valence-corrected chi connectivity index (χ3v) is 4.95. The van der Waals surface area contributed by atoms with Crippen molar-refractivity contribution in [2.45, 2.75) is 45.7 Å². The van der Waals surface area contributed by atoms with Crippen molar-refractivity contribution in [3.8, 4) is 0 Å². The maximum Gasteiger partial charge on any atom is 0.272 e. The molecular formula is C22H27N3O2. The van der Waals surface area contributed by atoms with E-state index in [4.69, 9.17) is 0 Å². The van der Waals surface area contributed by atoms with Gasteiger partial charge in [0.2, 0.25) is 0 Å². The number of piperidine rings is 1. The molecule has 3 rings (SSSR count). The van der Waals surface area contributed by atoms with E-state index in [1.54, 1.807) is 23.2 Å². The van der Waals surface area contributed by atoms with Crippen LogP contribution in [0.1, 0.15) is 59.5 Å². The lowest BCUT2D eigenvalue weighted by Gasteiger charge is -2.28. The van der Waals surface area contributed by atoms with E-state index in [9.17, 15) is 9.59 Å².